The molecular formula is C14H29N3O. The molecule has 4 nitrogen and oxygen atoms in total. The summed E-state index contributed by atoms with van der Waals surface area (Å²) in [5.74, 6) is 1.01. The molecule has 0 aromatic carbocycles. The molecule has 18 heavy (non-hydrogen) atoms. The first-order valence-electron chi connectivity index (χ1n) is 7.26. The van der Waals surface area contributed by atoms with Crippen LogP contribution >= 0.6 is 0 Å². The van der Waals surface area contributed by atoms with Gasteiger partial charge in [-0.15, -0.1) is 0 Å². The summed E-state index contributed by atoms with van der Waals surface area (Å²) in [5.41, 5.74) is 0. The molecule has 1 aliphatic heterocycles. The maximum Gasteiger partial charge on any atom is 0.236 e. The summed E-state index contributed by atoms with van der Waals surface area (Å²) in [6.45, 7) is 7.16. The van der Waals surface area contributed by atoms with Crippen LogP contribution < -0.4 is 5.32 Å². The van der Waals surface area contributed by atoms with Gasteiger partial charge in [-0.05, 0) is 57.8 Å². The van der Waals surface area contributed by atoms with Gasteiger partial charge in [0, 0.05) is 14.1 Å². The Labute approximate surface area is 112 Å². The van der Waals surface area contributed by atoms with E-state index in [9.17, 15) is 4.79 Å². The first kappa shape index (κ1) is 15.4. The highest BCUT2D eigenvalue weighted by molar-refractivity contribution is 5.77. The van der Waals surface area contributed by atoms with Crippen LogP contribution in [0.3, 0.4) is 0 Å². The van der Waals surface area contributed by atoms with Crippen molar-refractivity contribution in [3.05, 3.63) is 0 Å². The van der Waals surface area contributed by atoms with Crippen LogP contribution in [0.5, 0.6) is 0 Å². The highest BCUT2D eigenvalue weighted by Gasteiger charge is 2.16. The first-order valence-corrected chi connectivity index (χ1v) is 7.26. The zero-order chi connectivity index (χ0) is 13.4. The van der Waals surface area contributed by atoms with Crippen LogP contribution in [0.4, 0.5) is 0 Å². The van der Waals surface area contributed by atoms with Crippen molar-refractivity contribution in [2.24, 2.45) is 5.92 Å². The number of carbonyl (C=O) groups excluding carboxylic acids is 1. The normalized spacial score (nSPS) is 20.1. The average Bonchev–Trinajstić information content (AvgIpc) is 2.37. The van der Waals surface area contributed by atoms with Gasteiger partial charge in [-0.2, -0.15) is 0 Å². The zero-order valence-corrected chi connectivity index (χ0v) is 12.2. The van der Waals surface area contributed by atoms with Crippen molar-refractivity contribution >= 4 is 5.91 Å². The Hall–Kier alpha value is -0.610. The van der Waals surface area contributed by atoms with Gasteiger partial charge in [-0.1, -0.05) is 6.92 Å². The molecule has 0 saturated carbocycles. The number of hydrogen-bond acceptors (Lipinski definition) is 3. The molecule has 1 aliphatic rings. The van der Waals surface area contributed by atoms with Crippen molar-refractivity contribution in [2.45, 2.75) is 32.6 Å². The molecule has 0 bridgehead atoms. The minimum Gasteiger partial charge on any atom is -0.348 e. The molecule has 1 N–H and O–H groups in total. The lowest BCUT2D eigenvalue weighted by Crippen LogP contribution is -2.39. The van der Waals surface area contributed by atoms with Crippen LogP contribution in [0.2, 0.25) is 0 Å². The van der Waals surface area contributed by atoms with Crippen LogP contribution in [0.25, 0.3) is 0 Å². The second-order valence-electron chi connectivity index (χ2n) is 5.57. The van der Waals surface area contributed by atoms with Gasteiger partial charge in [-0.25, -0.2) is 0 Å². The third-order valence-electron chi connectivity index (χ3n) is 3.65. The summed E-state index contributed by atoms with van der Waals surface area (Å²) in [6, 6.07) is 0. The Morgan fingerprint density at radius 3 is 2.67 bits per heavy atom. The summed E-state index contributed by atoms with van der Waals surface area (Å²) in [6.07, 6.45) is 4.97. The van der Waals surface area contributed by atoms with E-state index in [4.69, 9.17) is 0 Å². The average molecular weight is 255 g/mol. The molecule has 1 amide bonds. The van der Waals surface area contributed by atoms with Gasteiger partial charge in [0.05, 0.1) is 6.54 Å². The second-order valence-corrected chi connectivity index (χ2v) is 5.57. The first-order chi connectivity index (χ1) is 8.63. The van der Waals surface area contributed by atoms with E-state index in [1.807, 2.05) is 14.1 Å². The summed E-state index contributed by atoms with van der Waals surface area (Å²) < 4.78 is 0. The lowest BCUT2D eigenvalue weighted by Gasteiger charge is -2.27. The molecule has 1 unspecified atom stereocenters. The third kappa shape index (κ3) is 5.83. The standard InChI is InChI=1S/C14H29N3O/c1-4-9-17(12-14(18)16(2)3)10-7-13-6-5-8-15-11-13/h13,15H,4-12H2,1-3H3. The van der Waals surface area contributed by atoms with E-state index in [-0.39, 0.29) is 5.91 Å². The molecule has 1 atom stereocenters. The fourth-order valence-electron chi connectivity index (χ4n) is 2.45. The topological polar surface area (TPSA) is 35.6 Å². The van der Waals surface area contributed by atoms with Gasteiger partial charge in [-0.3, -0.25) is 9.69 Å². The number of hydrogen-bond donors (Lipinski definition) is 1. The monoisotopic (exact) mass is 255 g/mol. The summed E-state index contributed by atoms with van der Waals surface area (Å²) in [5, 5.41) is 3.46. The molecule has 1 saturated heterocycles. The predicted octanol–water partition coefficient (Wildman–Crippen LogP) is 1.18. The molecule has 1 fully saturated rings. The lowest BCUT2D eigenvalue weighted by atomic mass is 9.96. The highest BCUT2D eigenvalue weighted by Crippen LogP contribution is 2.14. The van der Waals surface area contributed by atoms with Crippen molar-refractivity contribution in [2.75, 3.05) is 46.8 Å². The van der Waals surface area contributed by atoms with Crippen molar-refractivity contribution in [1.82, 2.24) is 15.1 Å². The van der Waals surface area contributed by atoms with E-state index in [0.717, 1.165) is 32.0 Å². The number of rotatable bonds is 7. The van der Waals surface area contributed by atoms with Gasteiger partial charge in [0.25, 0.3) is 0 Å². The fourth-order valence-corrected chi connectivity index (χ4v) is 2.45. The number of amides is 1. The van der Waals surface area contributed by atoms with Crippen molar-refractivity contribution < 1.29 is 4.79 Å². The Kier molecular flexibility index (Phi) is 7.28. The molecule has 0 aromatic rings. The van der Waals surface area contributed by atoms with Gasteiger partial charge in [0.1, 0.15) is 0 Å². The van der Waals surface area contributed by atoms with Crippen molar-refractivity contribution in [1.29, 1.82) is 0 Å². The minimum atomic E-state index is 0.213. The van der Waals surface area contributed by atoms with E-state index < -0.39 is 0 Å². The lowest BCUT2D eigenvalue weighted by molar-refractivity contribution is -0.129. The molecule has 0 radical (unpaired) electrons. The third-order valence-corrected chi connectivity index (χ3v) is 3.65. The van der Waals surface area contributed by atoms with Crippen LogP contribution in [0, 0.1) is 5.92 Å². The zero-order valence-electron chi connectivity index (χ0n) is 12.2. The van der Waals surface area contributed by atoms with Crippen molar-refractivity contribution in [3.63, 3.8) is 0 Å². The van der Waals surface area contributed by atoms with E-state index in [1.54, 1.807) is 4.90 Å². The molecule has 0 spiro atoms. The van der Waals surface area contributed by atoms with Crippen LogP contribution in [0.15, 0.2) is 0 Å². The summed E-state index contributed by atoms with van der Waals surface area (Å²) in [4.78, 5) is 15.7. The van der Waals surface area contributed by atoms with E-state index >= 15 is 0 Å². The van der Waals surface area contributed by atoms with Gasteiger partial charge in [0.15, 0.2) is 0 Å². The summed E-state index contributed by atoms with van der Waals surface area (Å²) >= 11 is 0. The molecule has 106 valence electrons. The number of likely N-dealkylation sites (N-methyl/N-ethyl adjacent to an activating group) is 1. The van der Waals surface area contributed by atoms with Gasteiger partial charge < -0.3 is 10.2 Å². The number of piperidine rings is 1. The van der Waals surface area contributed by atoms with E-state index in [1.165, 1.54) is 25.8 Å². The fraction of sp³-hybridized carbons (Fsp3) is 0.929. The molecular weight excluding hydrogens is 226 g/mol. The van der Waals surface area contributed by atoms with Gasteiger partial charge >= 0.3 is 0 Å². The second kappa shape index (κ2) is 8.48. The molecule has 1 rings (SSSR count). The number of carbonyl (C=O) groups is 1. The van der Waals surface area contributed by atoms with Gasteiger partial charge in [0.2, 0.25) is 5.91 Å². The smallest absolute Gasteiger partial charge is 0.236 e. The Morgan fingerprint density at radius 2 is 2.11 bits per heavy atom. The number of nitrogens with zero attached hydrogens (tertiary/aromatic N) is 2. The van der Waals surface area contributed by atoms with Crippen LogP contribution in [-0.4, -0.2) is 62.5 Å². The van der Waals surface area contributed by atoms with Crippen LogP contribution in [0.1, 0.15) is 32.6 Å². The SMILES string of the molecule is CCCN(CCC1CCCNC1)CC(=O)N(C)C. The quantitative estimate of drug-likeness (QED) is 0.742. The molecule has 0 aromatic heterocycles. The van der Waals surface area contributed by atoms with Crippen molar-refractivity contribution in [3.8, 4) is 0 Å². The Bertz CT molecular complexity index is 237. The maximum atomic E-state index is 11.8. The Morgan fingerprint density at radius 1 is 1.33 bits per heavy atom. The highest BCUT2D eigenvalue weighted by atomic mass is 16.2. The minimum absolute atomic E-state index is 0.213. The molecule has 1 heterocycles. The maximum absolute atomic E-state index is 11.8. The van der Waals surface area contributed by atoms with E-state index in [2.05, 4.69) is 17.1 Å². The Balaban J connectivity index is 2.29. The van der Waals surface area contributed by atoms with E-state index in [0.29, 0.717) is 6.54 Å². The largest absolute Gasteiger partial charge is 0.348 e. The predicted molar refractivity (Wildman–Crippen MR) is 75.6 cm³/mol. The number of nitrogens with one attached hydrogen (secondary N) is 1. The molecule has 4 heteroatoms. The van der Waals surface area contributed by atoms with Crippen LogP contribution in [-0.2, 0) is 4.79 Å². The molecule has 0 aliphatic carbocycles. The summed E-state index contributed by atoms with van der Waals surface area (Å²) in [7, 11) is 3.66.